The third-order valence-corrected chi connectivity index (χ3v) is 5.42. The molecule has 24 heavy (non-hydrogen) atoms. The normalized spacial score (nSPS) is 15.0. The van der Waals surface area contributed by atoms with Gasteiger partial charge in [0.15, 0.2) is 4.96 Å². The van der Waals surface area contributed by atoms with Gasteiger partial charge in [-0.3, -0.25) is 9.20 Å². The summed E-state index contributed by atoms with van der Waals surface area (Å²) in [6, 6.07) is 7.96. The van der Waals surface area contributed by atoms with E-state index in [4.69, 9.17) is 4.74 Å². The minimum atomic E-state index is 0.0496. The van der Waals surface area contributed by atoms with Crippen LogP contribution in [0.2, 0.25) is 0 Å². The van der Waals surface area contributed by atoms with E-state index >= 15 is 0 Å². The van der Waals surface area contributed by atoms with E-state index in [1.165, 1.54) is 6.42 Å². The maximum Gasteiger partial charge on any atom is 0.274 e. The summed E-state index contributed by atoms with van der Waals surface area (Å²) in [4.78, 5) is 20.9. The molecule has 0 aliphatic carbocycles. The SMILES string of the molecule is COc1cccc(-c2cn3cc(C(=O)N4CCCCC4)nc3s2)c1. The fourth-order valence-electron chi connectivity index (χ4n) is 3.07. The summed E-state index contributed by atoms with van der Waals surface area (Å²) in [5, 5.41) is 0. The van der Waals surface area contributed by atoms with Gasteiger partial charge in [0.1, 0.15) is 11.4 Å². The molecule has 0 spiro atoms. The second-order valence-corrected chi connectivity index (χ2v) is 7.01. The van der Waals surface area contributed by atoms with Gasteiger partial charge < -0.3 is 9.64 Å². The van der Waals surface area contributed by atoms with Gasteiger partial charge >= 0.3 is 0 Å². The van der Waals surface area contributed by atoms with Crippen LogP contribution in [0, 0.1) is 0 Å². The van der Waals surface area contributed by atoms with Crippen molar-refractivity contribution in [2.45, 2.75) is 19.3 Å². The average molecular weight is 341 g/mol. The molecule has 1 fully saturated rings. The molecule has 1 saturated heterocycles. The van der Waals surface area contributed by atoms with Crippen LogP contribution in [0.15, 0.2) is 36.7 Å². The van der Waals surface area contributed by atoms with Crippen LogP contribution >= 0.6 is 11.3 Å². The number of benzene rings is 1. The number of aromatic nitrogens is 2. The van der Waals surface area contributed by atoms with Crippen LogP contribution in [0.5, 0.6) is 5.75 Å². The molecule has 1 aliphatic heterocycles. The predicted molar refractivity (Wildman–Crippen MR) is 94.8 cm³/mol. The van der Waals surface area contributed by atoms with Gasteiger partial charge in [-0.25, -0.2) is 4.98 Å². The first kappa shape index (κ1) is 15.2. The maximum absolute atomic E-state index is 12.5. The Bertz CT molecular complexity index is 846. The molecule has 1 aliphatic rings. The molecule has 4 rings (SSSR count). The highest BCUT2D eigenvalue weighted by Crippen LogP contribution is 2.30. The number of piperidine rings is 1. The summed E-state index contributed by atoms with van der Waals surface area (Å²) in [7, 11) is 1.67. The van der Waals surface area contributed by atoms with Crippen molar-refractivity contribution in [1.29, 1.82) is 0 Å². The fourth-order valence-corrected chi connectivity index (χ4v) is 4.03. The third-order valence-electron chi connectivity index (χ3n) is 4.37. The molecule has 6 heteroatoms. The lowest BCUT2D eigenvalue weighted by atomic mass is 10.1. The first-order chi connectivity index (χ1) is 11.7. The number of thiazole rings is 1. The van der Waals surface area contributed by atoms with Gasteiger partial charge in [-0.05, 0) is 37.0 Å². The first-order valence-electron chi connectivity index (χ1n) is 8.17. The summed E-state index contributed by atoms with van der Waals surface area (Å²) in [5.41, 5.74) is 1.63. The maximum atomic E-state index is 12.5. The molecule has 0 unspecified atom stereocenters. The van der Waals surface area contributed by atoms with Crippen molar-refractivity contribution < 1.29 is 9.53 Å². The topological polar surface area (TPSA) is 46.8 Å². The molecule has 2 aromatic heterocycles. The largest absolute Gasteiger partial charge is 0.497 e. The van der Waals surface area contributed by atoms with Crippen molar-refractivity contribution >= 4 is 22.2 Å². The lowest BCUT2D eigenvalue weighted by Crippen LogP contribution is -2.35. The van der Waals surface area contributed by atoms with Crippen molar-refractivity contribution in [1.82, 2.24) is 14.3 Å². The van der Waals surface area contributed by atoms with Gasteiger partial charge in [-0.1, -0.05) is 23.5 Å². The van der Waals surface area contributed by atoms with Gasteiger partial charge in [0.05, 0.1) is 12.0 Å². The van der Waals surface area contributed by atoms with Crippen LogP contribution in [0.1, 0.15) is 29.8 Å². The molecule has 0 radical (unpaired) electrons. The summed E-state index contributed by atoms with van der Waals surface area (Å²) >= 11 is 1.58. The number of carbonyl (C=O) groups excluding carboxylic acids is 1. The lowest BCUT2D eigenvalue weighted by molar-refractivity contribution is 0.0719. The third kappa shape index (κ3) is 2.78. The minimum absolute atomic E-state index is 0.0496. The highest BCUT2D eigenvalue weighted by molar-refractivity contribution is 7.20. The van der Waals surface area contributed by atoms with Crippen LogP contribution in [0.25, 0.3) is 15.4 Å². The van der Waals surface area contributed by atoms with Crippen LogP contribution in [0.4, 0.5) is 0 Å². The number of hydrogen-bond acceptors (Lipinski definition) is 4. The van der Waals surface area contributed by atoms with Gasteiger partial charge in [0.2, 0.25) is 0 Å². The molecule has 0 bridgehead atoms. The number of ether oxygens (including phenoxy) is 1. The van der Waals surface area contributed by atoms with E-state index < -0.39 is 0 Å². The number of amides is 1. The van der Waals surface area contributed by atoms with Crippen molar-refractivity contribution in [3.63, 3.8) is 0 Å². The minimum Gasteiger partial charge on any atom is -0.497 e. The van der Waals surface area contributed by atoms with Gasteiger partial charge in [0.25, 0.3) is 5.91 Å². The fraction of sp³-hybridized carbons (Fsp3) is 0.333. The molecular weight excluding hydrogens is 322 g/mol. The average Bonchev–Trinajstić information content (AvgIpc) is 3.21. The number of nitrogens with zero attached hydrogens (tertiary/aromatic N) is 3. The number of fused-ring (bicyclic) bond motifs is 1. The van der Waals surface area contributed by atoms with Crippen LogP contribution in [-0.2, 0) is 0 Å². The van der Waals surface area contributed by atoms with E-state index in [-0.39, 0.29) is 5.91 Å². The molecule has 1 amide bonds. The number of hydrogen-bond donors (Lipinski definition) is 0. The van der Waals surface area contributed by atoms with Crippen LogP contribution < -0.4 is 4.74 Å². The Morgan fingerprint density at radius 1 is 1.21 bits per heavy atom. The molecule has 0 N–H and O–H groups in total. The second kappa shape index (κ2) is 6.28. The Labute approximate surface area is 144 Å². The Hall–Kier alpha value is -2.34. The summed E-state index contributed by atoms with van der Waals surface area (Å²) in [5.74, 6) is 0.882. The van der Waals surface area contributed by atoms with E-state index in [0.29, 0.717) is 5.69 Å². The molecule has 124 valence electrons. The molecule has 1 aromatic carbocycles. The number of methoxy groups -OCH3 is 1. The van der Waals surface area contributed by atoms with Crippen molar-refractivity contribution in [2.24, 2.45) is 0 Å². The Morgan fingerprint density at radius 2 is 2.04 bits per heavy atom. The predicted octanol–water partition coefficient (Wildman–Crippen LogP) is 3.70. The zero-order chi connectivity index (χ0) is 16.5. The standard InChI is InChI=1S/C18H19N3O2S/c1-23-14-7-5-6-13(10-14)16-12-21-11-15(19-18(21)24-16)17(22)20-8-3-2-4-9-20/h5-7,10-12H,2-4,8-9H2,1H3. The van der Waals surface area contributed by atoms with Crippen LogP contribution in [0.3, 0.4) is 0 Å². The highest BCUT2D eigenvalue weighted by atomic mass is 32.1. The van der Waals surface area contributed by atoms with Gasteiger partial charge in [0, 0.05) is 25.5 Å². The van der Waals surface area contributed by atoms with Crippen LogP contribution in [-0.4, -0.2) is 40.4 Å². The zero-order valence-corrected chi connectivity index (χ0v) is 14.4. The van der Waals surface area contributed by atoms with Gasteiger partial charge in [-0.15, -0.1) is 0 Å². The monoisotopic (exact) mass is 341 g/mol. The number of carbonyl (C=O) groups is 1. The molecule has 3 heterocycles. The summed E-state index contributed by atoms with van der Waals surface area (Å²) < 4.78 is 7.22. The Kier molecular flexibility index (Phi) is 3.98. The molecule has 0 atom stereocenters. The smallest absolute Gasteiger partial charge is 0.274 e. The van der Waals surface area contributed by atoms with E-state index in [9.17, 15) is 4.79 Å². The van der Waals surface area contributed by atoms with E-state index in [1.54, 1.807) is 18.4 Å². The Balaban J connectivity index is 1.61. The van der Waals surface area contributed by atoms with E-state index in [0.717, 1.165) is 47.1 Å². The molecule has 5 nitrogen and oxygen atoms in total. The first-order valence-corrected chi connectivity index (χ1v) is 8.98. The lowest BCUT2D eigenvalue weighted by Gasteiger charge is -2.25. The van der Waals surface area contributed by atoms with Gasteiger partial charge in [-0.2, -0.15) is 0 Å². The molecular formula is C18H19N3O2S. The molecule has 3 aromatic rings. The number of rotatable bonds is 3. The van der Waals surface area contributed by atoms with Crippen molar-refractivity contribution in [3.05, 3.63) is 42.4 Å². The summed E-state index contributed by atoms with van der Waals surface area (Å²) in [6.45, 7) is 1.69. The van der Waals surface area contributed by atoms with E-state index in [1.807, 2.05) is 46.0 Å². The Morgan fingerprint density at radius 3 is 2.79 bits per heavy atom. The number of likely N-dealkylation sites (tertiary alicyclic amines) is 1. The van der Waals surface area contributed by atoms with E-state index in [2.05, 4.69) is 4.98 Å². The quantitative estimate of drug-likeness (QED) is 0.730. The number of imidazole rings is 1. The highest BCUT2D eigenvalue weighted by Gasteiger charge is 2.21. The van der Waals surface area contributed by atoms with Crippen molar-refractivity contribution in [3.8, 4) is 16.2 Å². The molecule has 0 saturated carbocycles. The van der Waals surface area contributed by atoms with Crippen molar-refractivity contribution in [2.75, 3.05) is 20.2 Å². The summed E-state index contributed by atoms with van der Waals surface area (Å²) in [6.07, 6.45) is 7.26. The zero-order valence-electron chi connectivity index (χ0n) is 13.6. The second-order valence-electron chi connectivity index (χ2n) is 6.00.